The highest BCUT2D eigenvalue weighted by Gasteiger charge is 2.16. The summed E-state index contributed by atoms with van der Waals surface area (Å²) in [5.41, 5.74) is 1.53. The van der Waals surface area contributed by atoms with Crippen LogP contribution < -0.4 is 15.4 Å². The van der Waals surface area contributed by atoms with Crippen LogP contribution in [0.1, 0.15) is 18.9 Å². The van der Waals surface area contributed by atoms with E-state index < -0.39 is 17.9 Å². The number of nitrogens with one attached hydrogen (secondary N) is 2. The summed E-state index contributed by atoms with van der Waals surface area (Å²) < 4.78 is 5.15. The minimum atomic E-state index is -0.916. The minimum Gasteiger partial charge on any atom is -0.495 e. The third-order valence-electron chi connectivity index (χ3n) is 2.95. The number of anilines is 1. The molecule has 0 fully saturated rings. The Morgan fingerprint density at radius 1 is 1.40 bits per heavy atom. The molecular weight excluding hydrogens is 260 g/mol. The maximum absolute atomic E-state index is 11.8. The Bertz CT molecular complexity index is 488. The van der Waals surface area contributed by atoms with Crippen LogP contribution in [-0.2, 0) is 4.79 Å². The van der Waals surface area contributed by atoms with Crippen molar-refractivity contribution in [2.45, 2.75) is 20.3 Å². The summed E-state index contributed by atoms with van der Waals surface area (Å²) in [5, 5.41) is 14.1. The highest BCUT2D eigenvalue weighted by molar-refractivity contribution is 5.91. The lowest BCUT2D eigenvalue weighted by molar-refractivity contribution is -0.141. The van der Waals surface area contributed by atoms with Crippen LogP contribution in [0.15, 0.2) is 18.2 Å². The van der Waals surface area contributed by atoms with E-state index in [0.717, 1.165) is 5.56 Å². The first-order chi connectivity index (χ1) is 9.47. The van der Waals surface area contributed by atoms with Gasteiger partial charge in [-0.2, -0.15) is 0 Å². The Morgan fingerprint density at radius 2 is 2.10 bits per heavy atom. The molecular formula is C14H20N2O4. The average molecular weight is 280 g/mol. The molecule has 3 N–H and O–H groups in total. The lowest BCUT2D eigenvalue weighted by atomic mass is 10.1. The smallest absolute Gasteiger partial charge is 0.319 e. The van der Waals surface area contributed by atoms with Crippen molar-refractivity contribution in [2.75, 3.05) is 19.0 Å². The van der Waals surface area contributed by atoms with E-state index >= 15 is 0 Å². The Hall–Kier alpha value is -2.24. The minimum absolute atomic E-state index is 0.0891. The van der Waals surface area contributed by atoms with E-state index in [0.29, 0.717) is 17.9 Å². The molecule has 1 aromatic rings. The third kappa shape index (κ3) is 4.46. The third-order valence-corrected chi connectivity index (χ3v) is 2.95. The number of urea groups is 1. The Labute approximate surface area is 118 Å². The van der Waals surface area contributed by atoms with Gasteiger partial charge in [-0.1, -0.05) is 13.0 Å². The number of carbonyl (C=O) groups is 2. The summed E-state index contributed by atoms with van der Waals surface area (Å²) in [5.74, 6) is -0.947. The van der Waals surface area contributed by atoms with Crippen LogP contribution >= 0.6 is 0 Å². The van der Waals surface area contributed by atoms with E-state index in [1.54, 1.807) is 19.1 Å². The fourth-order valence-corrected chi connectivity index (χ4v) is 1.71. The summed E-state index contributed by atoms with van der Waals surface area (Å²) in [6.07, 6.45) is 0.462. The number of aryl methyl sites for hydroxylation is 1. The molecule has 0 heterocycles. The number of amides is 2. The SMILES string of the molecule is CCC(CNC(=O)Nc1cc(C)ccc1OC)C(=O)O. The first kappa shape index (κ1) is 15.8. The van der Waals surface area contributed by atoms with Gasteiger partial charge in [-0.3, -0.25) is 4.79 Å². The van der Waals surface area contributed by atoms with Crippen molar-refractivity contribution < 1.29 is 19.4 Å². The molecule has 0 radical (unpaired) electrons. The molecule has 1 unspecified atom stereocenters. The molecule has 0 saturated carbocycles. The molecule has 0 aromatic heterocycles. The number of methoxy groups -OCH3 is 1. The standard InChI is InChI=1S/C14H20N2O4/c1-4-10(13(17)18)8-15-14(19)16-11-7-9(2)5-6-12(11)20-3/h5-7,10H,4,8H2,1-3H3,(H,17,18)(H2,15,16,19). The Kier molecular flexibility index (Phi) is 5.83. The van der Waals surface area contributed by atoms with Crippen molar-refractivity contribution in [1.82, 2.24) is 5.32 Å². The Balaban J connectivity index is 2.62. The number of hydrogen-bond donors (Lipinski definition) is 3. The normalized spacial score (nSPS) is 11.6. The number of rotatable bonds is 6. The second-order valence-corrected chi connectivity index (χ2v) is 4.48. The quantitative estimate of drug-likeness (QED) is 0.745. The molecule has 2 amide bonds. The summed E-state index contributed by atoms with van der Waals surface area (Å²) in [4.78, 5) is 22.6. The van der Waals surface area contributed by atoms with Gasteiger partial charge in [0.15, 0.2) is 0 Å². The second kappa shape index (κ2) is 7.37. The van der Waals surface area contributed by atoms with Gasteiger partial charge in [-0.05, 0) is 31.0 Å². The van der Waals surface area contributed by atoms with Crippen LogP contribution in [0, 0.1) is 12.8 Å². The molecule has 1 aromatic carbocycles. The van der Waals surface area contributed by atoms with Crippen LogP contribution in [-0.4, -0.2) is 30.8 Å². The van der Waals surface area contributed by atoms with E-state index in [1.807, 2.05) is 13.0 Å². The maximum Gasteiger partial charge on any atom is 0.319 e. The fourth-order valence-electron chi connectivity index (χ4n) is 1.71. The largest absolute Gasteiger partial charge is 0.495 e. The van der Waals surface area contributed by atoms with Gasteiger partial charge in [-0.25, -0.2) is 4.79 Å². The van der Waals surface area contributed by atoms with Crippen molar-refractivity contribution in [1.29, 1.82) is 0 Å². The number of carboxylic acid groups (broad SMARTS) is 1. The van der Waals surface area contributed by atoms with Crippen molar-refractivity contribution in [3.05, 3.63) is 23.8 Å². The molecule has 0 aliphatic rings. The van der Waals surface area contributed by atoms with Crippen LogP contribution in [0.3, 0.4) is 0 Å². The van der Waals surface area contributed by atoms with Gasteiger partial charge in [0.05, 0.1) is 18.7 Å². The molecule has 0 spiro atoms. The number of hydrogen-bond acceptors (Lipinski definition) is 3. The molecule has 0 aliphatic carbocycles. The molecule has 0 bridgehead atoms. The zero-order chi connectivity index (χ0) is 15.1. The van der Waals surface area contributed by atoms with Crippen LogP contribution in [0.4, 0.5) is 10.5 Å². The average Bonchev–Trinajstić information content (AvgIpc) is 2.39. The highest BCUT2D eigenvalue weighted by Crippen LogP contribution is 2.24. The monoisotopic (exact) mass is 280 g/mol. The predicted octanol–water partition coefficient (Wildman–Crippen LogP) is 2.24. The molecule has 6 nitrogen and oxygen atoms in total. The fraction of sp³-hybridized carbons (Fsp3) is 0.429. The van der Waals surface area contributed by atoms with Crippen molar-refractivity contribution in [2.24, 2.45) is 5.92 Å². The van der Waals surface area contributed by atoms with Crippen molar-refractivity contribution in [3.63, 3.8) is 0 Å². The molecule has 1 rings (SSSR count). The lowest BCUT2D eigenvalue weighted by Crippen LogP contribution is -2.35. The van der Waals surface area contributed by atoms with Crippen LogP contribution in [0.2, 0.25) is 0 Å². The van der Waals surface area contributed by atoms with Crippen molar-refractivity contribution in [3.8, 4) is 5.75 Å². The molecule has 0 aliphatic heterocycles. The number of carbonyl (C=O) groups excluding carboxylic acids is 1. The van der Waals surface area contributed by atoms with Crippen LogP contribution in [0.5, 0.6) is 5.75 Å². The van der Waals surface area contributed by atoms with E-state index in [-0.39, 0.29) is 6.54 Å². The lowest BCUT2D eigenvalue weighted by Gasteiger charge is -2.14. The summed E-state index contributed by atoms with van der Waals surface area (Å²) in [6.45, 7) is 3.76. The maximum atomic E-state index is 11.8. The number of aliphatic carboxylic acids is 1. The van der Waals surface area contributed by atoms with Gasteiger partial charge in [0.2, 0.25) is 0 Å². The zero-order valence-electron chi connectivity index (χ0n) is 11.9. The zero-order valence-corrected chi connectivity index (χ0v) is 11.9. The summed E-state index contributed by atoms with van der Waals surface area (Å²) in [6, 6.07) is 4.97. The molecule has 20 heavy (non-hydrogen) atoms. The Morgan fingerprint density at radius 3 is 2.65 bits per heavy atom. The van der Waals surface area contributed by atoms with E-state index in [4.69, 9.17) is 9.84 Å². The van der Waals surface area contributed by atoms with E-state index in [1.165, 1.54) is 7.11 Å². The van der Waals surface area contributed by atoms with Gasteiger partial charge in [-0.15, -0.1) is 0 Å². The summed E-state index contributed by atoms with van der Waals surface area (Å²) in [7, 11) is 1.52. The molecule has 6 heteroatoms. The van der Waals surface area contributed by atoms with E-state index in [2.05, 4.69) is 10.6 Å². The first-order valence-electron chi connectivity index (χ1n) is 6.40. The number of benzene rings is 1. The van der Waals surface area contributed by atoms with Crippen LogP contribution in [0.25, 0.3) is 0 Å². The van der Waals surface area contributed by atoms with E-state index in [9.17, 15) is 9.59 Å². The van der Waals surface area contributed by atoms with Gasteiger partial charge < -0.3 is 20.5 Å². The first-order valence-corrected chi connectivity index (χ1v) is 6.40. The number of ether oxygens (including phenoxy) is 1. The highest BCUT2D eigenvalue weighted by atomic mass is 16.5. The van der Waals surface area contributed by atoms with Crippen molar-refractivity contribution >= 4 is 17.7 Å². The predicted molar refractivity (Wildman–Crippen MR) is 76.2 cm³/mol. The molecule has 110 valence electrons. The molecule has 0 saturated heterocycles. The van der Waals surface area contributed by atoms with Gasteiger partial charge in [0, 0.05) is 6.54 Å². The van der Waals surface area contributed by atoms with Gasteiger partial charge in [0.25, 0.3) is 0 Å². The number of carboxylic acids is 1. The summed E-state index contributed by atoms with van der Waals surface area (Å²) >= 11 is 0. The second-order valence-electron chi connectivity index (χ2n) is 4.48. The molecule has 1 atom stereocenters. The van der Waals surface area contributed by atoms with Gasteiger partial charge >= 0.3 is 12.0 Å². The topological polar surface area (TPSA) is 87.7 Å². The van der Waals surface area contributed by atoms with Gasteiger partial charge in [0.1, 0.15) is 5.75 Å².